The van der Waals surface area contributed by atoms with Gasteiger partial charge in [-0.25, -0.2) is 5.11 Å². The second-order valence-electron chi connectivity index (χ2n) is 7.63. The maximum atomic E-state index is 12.6. The lowest BCUT2D eigenvalue weighted by atomic mass is 9.83. The van der Waals surface area contributed by atoms with Crippen molar-refractivity contribution in [1.82, 2.24) is 4.98 Å². The predicted molar refractivity (Wildman–Crippen MR) is 83.3 cm³/mol. The molecule has 20 heavy (non-hydrogen) atoms. The van der Waals surface area contributed by atoms with Crippen molar-refractivity contribution in [3.63, 3.8) is 0 Å². The molecular weight excluding hydrogens is 246 g/mol. The molecule has 1 aromatic heterocycles. The van der Waals surface area contributed by atoms with E-state index in [0.717, 1.165) is 10.8 Å². The molecule has 2 heteroatoms. The molecule has 1 aromatic carbocycles. The molecule has 1 unspecified atom stereocenters. The fraction of sp³-hybridized carbons (Fsp3) is 0.500. The SMILES string of the molecule is CC(C)(C)c1ccc2c(C([O])C(C)(C)C)nccc2c1. The average Bonchev–Trinajstić information content (AvgIpc) is 2.34. The first-order chi connectivity index (χ1) is 9.10. The summed E-state index contributed by atoms with van der Waals surface area (Å²) < 4.78 is 0. The lowest BCUT2D eigenvalue weighted by Gasteiger charge is -2.25. The lowest BCUT2D eigenvalue weighted by Crippen LogP contribution is -2.18. The van der Waals surface area contributed by atoms with Gasteiger partial charge in [0.1, 0.15) is 6.10 Å². The number of rotatable bonds is 1. The minimum Gasteiger partial charge on any atom is -0.258 e. The first kappa shape index (κ1) is 15.0. The van der Waals surface area contributed by atoms with E-state index in [0.29, 0.717) is 5.69 Å². The molecule has 0 bridgehead atoms. The Balaban J connectivity index is 2.60. The topological polar surface area (TPSA) is 32.8 Å². The summed E-state index contributed by atoms with van der Waals surface area (Å²) in [4.78, 5) is 4.35. The summed E-state index contributed by atoms with van der Waals surface area (Å²) in [6.45, 7) is 12.5. The van der Waals surface area contributed by atoms with Crippen molar-refractivity contribution in [3.8, 4) is 0 Å². The van der Waals surface area contributed by atoms with E-state index in [-0.39, 0.29) is 10.8 Å². The third-order valence-corrected chi connectivity index (χ3v) is 3.70. The molecule has 107 valence electrons. The fourth-order valence-electron chi connectivity index (χ4n) is 2.29. The van der Waals surface area contributed by atoms with Crippen LogP contribution in [-0.4, -0.2) is 4.98 Å². The van der Waals surface area contributed by atoms with E-state index in [1.54, 1.807) is 6.20 Å². The third kappa shape index (κ3) is 2.85. The largest absolute Gasteiger partial charge is 0.258 e. The highest BCUT2D eigenvalue weighted by Gasteiger charge is 2.28. The molecule has 0 aliphatic heterocycles. The Morgan fingerprint density at radius 3 is 2.20 bits per heavy atom. The van der Waals surface area contributed by atoms with Crippen molar-refractivity contribution in [2.24, 2.45) is 5.41 Å². The van der Waals surface area contributed by atoms with Gasteiger partial charge in [0, 0.05) is 11.6 Å². The average molecular weight is 270 g/mol. The van der Waals surface area contributed by atoms with E-state index in [4.69, 9.17) is 0 Å². The number of benzene rings is 1. The van der Waals surface area contributed by atoms with E-state index in [1.807, 2.05) is 26.8 Å². The van der Waals surface area contributed by atoms with Crippen LogP contribution in [0.4, 0.5) is 0 Å². The van der Waals surface area contributed by atoms with Crippen LogP contribution in [0.3, 0.4) is 0 Å². The summed E-state index contributed by atoms with van der Waals surface area (Å²) in [6.07, 6.45) is 0.937. The molecule has 2 rings (SSSR count). The summed E-state index contributed by atoms with van der Waals surface area (Å²) in [5.74, 6) is 0. The van der Waals surface area contributed by atoms with Crippen LogP contribution in [0.15, 0.2) is 30.5 Å². The lowest BCUT2D eigenvalue weighted by molar-refractivity contribution is -0.00350. The first-order valence-corrected chi connectivity index (χ1v) is 7.15. The molecule has 1 atom stereocenters. The molecule has 0 saturated carbocycles. The summed E-state index contributed by atoms with van der Waals surface area (Å²) in [7, 11) is 0. The van der Waals surface area contributed by atoms with Gasteiger partial charge in [0.2, 0.25) is 0 Å². The Morgan fingerprint density at radius 2 is 1.65 bits per heavy atom. The van der Waals surface area contributed by atoms with Crippen LogP contribution in [0, 0.1) is 5.41 Å². The van der Waals surface area contributed by atoms with Gasteiger partial charge in [-0.3, -0.25) is 4.98 Å². The zero-order chi connectivity index (χ0) is 15.1. The van der Waals surface area contributed by atoms with Gasteiger partial charge in [0.05, 0.1) is 5.69 Å². The molecule has 2 nitrogen and oxygen atoms in total. The molecule has 0 aliphatic carbocycles. The number of hydrogen-bond acceptors (Lipinski definition) is 1. The molecule has 0 fully saturated rings. The van der Waals surface area contributed by atoms with E-state index in [1.165, 1.54) is 5.56 Å². The van der Waals surface area contributed by atoms with Crippen LogP contribution >= 0.6 is 0 Å². The van der Waals surface area contributed by atoms with Crippen molar-refractivity contribution in [2.45, 2.75) is 53.1 Å². The third-order valence-electron chi connectivity index (χ3n) is 3.70. The number of pyridine rings is 1. The highest BCUT2D eigenvalue weighted by atomic mass is 16.3. The molecule has 2 aromatic rings. The van der Waals surface area contributed by atoms with Gasteiger partial charge in [-0.2, -0.15) is 0 Å². The van der Waals surface area contributed by atoms with Crippen LogP contribution < -0.4 is 0 Å². The van der Waals surface area contributed by atoms with Gasteiger partial charge in [-0.15, -0.1) is 0 Å². The van der Waals surface area contributed by atoms with Gasteiger partial charge in [0.15, 0.2) is 0 Å². The normalized spacial score (nSPS) is 14.6. The van der Waals surface area contributed by atoms with Crippen molar-refractivity contribution < 1.29 is 5.11 Å². The molecule has 1 heterocycles. The van der Waals surface area contributed by atoms with Crippen LogP contribution in [0.25, 0.3) is 10.8 Å². The van der Waals surface area contributed by atoms with Gasteiger partial charge in [0.25, 0.3) is 0 Å². The summed E-state index contributed by atoms with van der Waals surface area (Å²) in [5.41, 5.74) is 1.72. The Labute approximate surface area is 121 Å². The second kappa shape index (κ2) is 4.85. The Bertz CT molecular complexity index is 617. The molecule has 0 aliphatic rings. The van der Waals surface area contributed by atoms with E-state index in [9.17, 15) is 5.11 Å². The molecule has 0 amide bonds. The molecule has 0 N–H and O–H groups in total. The second-order valence-corrected chi connectivity index (χ2v) is 7.63. The summed E-state index contributed by atoms with van der Waals surface area (Å²) >= 11 is 0. The molecule has 0 spiro atoms. The number of aromatic nitrogens is 1. The Kier molecular flexibility index (Phi) is 3.64. The first-order valence-electron chi connectivity index (χ1n) is 7.15. The van der Waals surface area contributed by atoms with Gasteiger partial charge < -0.3 is 0 Å². The van der Waals surface area contributed by atoms with Crippen molar-refractivity contribution in [2.75, 3.05) is 0 Å². The molecule has 0 saturated heterocycles. The molecule has 1 radical (unpaired) electrons. The Morgan fingerprint density at radius 1 is 1.00 bits per heavy atom. The van der Waals surface area contributed by atoms with Crippen LogP contribution in [0.2, 0.25) is 0 Å². The standard InChI is InChI=1S/C18H24NO/c1-17(2,3)13-7-8-14-12(11-13)9-10-19-15(14)16(20)18(4,5)6/h7-11,16H,1-6H3. The van der Waals surface area contributed by atoms with Crippen LogP contribution in [0.1, 0.15) is 58.9 Å². The van der Waals surface area contributed by atoms with Crippen LogP contribution in [0.5, 0.6) is 0 Å². The van der Waals surface area contributed by atoms with Crippen molar-refractivity contribution >= 4 is 10.8 Å². The maximum absolute atomic E-state index is 12.6. The summed E-state index contributed by atoms with van der Waals surface area (Å²) in [5, 5.41) is 14.7. The van der Waals surface area contributed by atoms with Crippen molar-refractivity contribution in [3.05, 3.63) is 41.7 Å². The Hall–Kier alpha value is -1.41. The highest BCUT2D eigenvalue weighted by Crippen LogP contribution is 2.36. The summed E-state index contributed by atoms with van der Waals surface area (Å²) in [6, 6.07) is 8.33. The zero-order valence-electron chi connectivity index (χ0n) is 13.3. The van der Waals surface area contributed by atoms with Crippen LogP contribution in [-0.2, 0) is 10.5 Å². The monoisotopic (exact) mass is 270 g/mol. The van der Waals surface area contributed by atoms with E-state index in [2.05, 4.69) is 44.0 Å². The molecular formula is C18H24NO. The number of fused-ring (bicyclic) bond motifs is 1. The van der Waals surface area contributed by atoms with Gasteiger partial charge in [-0.05, 0) is 27.8 Å². The smallest absolute Gasteiger partial charge is 0.140 e. The van der Waals surface area contributed by atoms with E-state index >= 15 is 0 Å². The minimum absolute atomic E-state index is 0.110. The fourth-order valence-corrected chi connectivity index (χ4v) is 2.29. The zero-order valence-corrected chi connectivity index (χ0v) is 13.3. The highest BCUT2D eigenvalue weighted by molar-refractivity contribution is 5.85. The minimum atomic E-state index is -0.813. The van der Waals surface area contributed by atoms with E-state index < -0.39 is 6.10 Å². The van der Waals surface area contributed by atoms with Crippen molar-refractivity contribution in [1.29, 1.82) is 0 Å². The van der Waals surface area contributed by atoms with Gasteiger partial charge >= 0.3 is 0 Å². The number of nitrogens with zero attached hydrogens (tertiary/aromatic N) is 1. The maximum Gasteiger partial charge on any atom is 0.140 e. The predicted octanol–water partition coefficient (Wildman–Crippen LogP) is 5.05. The number of hydrogen-bond donors (Lipinski definition) is 0. The van der Waals surface area contributed by atoms with Gasteiger partial charge in [-0.1, -0.05) is 59.7 Å². The quantitative estimate of drug-likeness (QED) is 0.713.